The second-order valence-corrected chi connectivity index (χ2v) is 9.45. The maximum atomic E-state index is 10.3. The summed E-state index contributed by atoms with van der Waals surface area (Å²) < 4.78 is 0. The lowest BCUT2D eigenvalue weighted by molar-refractivity contribution is 0.466. The number of hydrogen-bond donors (Lipinski definition) is 2. The van der Waals surface area contributed by atoms with Crippen molar-refractivity contribution in [3.8, 4) is 11.5 Å². The molecule has 0 aliphatic rings. The minimum absolute atomic E-state index is 0.312. The van der Waals surface area contributed by atoms with Crippen LogP contribution in [0.15, 0.2) is 36.4 Å². The molecule has 2 N–H and O–H groups in total. The van der Waals surface area contributed by atoms with Crippen LogP contribution in [-0.2, 0) is 12.8 Å². The van der Waals surface area contributed by atoms with Gasteiger partial charge in [0.05, 0.1) is 0 Å². The first-order valence-electron chi connectivity index (χ1n) is 13.2. The number of aryl methyl sites for hydroxylation is 2. The van der Waals surface area contributed by atoms with Crippen molar-refractivity contribution in [2.24, 2.45) is 0 Å². The second kappa shape index (κ2) is 15.0. The van der Waals surface area contributed by atoms with Gasteiger partial charge in [-0.25, -0.2) is 0 Å². The van der Waals surface area contributed by atoms with E-state index in [4.69, 9.17) is 0 Å². The van der Waals surface area contributed by atoms with Crippen LogP contribution in [0.3, 0.4) is 0 Å². The van der Waals surface area contributed by atoms with E-state index >= 15 is 0 Å². The molecule has 0 aliphatic heterocycles. The van der Waals surface area contributed by atoms with E-state index in [1.165, 1.54) is 68.9 Å². The third kappa shape index (κ3) is 8.52. The number of rotatable bonds is 16. The summed E-state index contributed by atoms with van der Waals surface area (Å²) >= 11 is 0. The monoisotopic (exact) mass is 438 g/mol. The molecule has 2 rings (SSSR count). The second-order valence-electron chi connectivity index (χ2n) is 9.45. The van der Waals surface area contributed by atoms with E-state index in [1.54, 1.807) is 0 Å². The molecule has 0 aromatic heterocycles. The Balaban J connectivity index is 2.09. The molecule has 0 spiro atoms. The molecule has 0 heterocycles. The van der Waals surface area contributed by atoms with Crippen molar-refractivity contribution < 1.29 is 10.2 Å². The van der Waals surface area contributed by atoms with Crippen molar-refractivity contribution in [2.45, 2.75) is 117 Å². The third-order valence-corrected chi connectivity index (χ3v) is 6.65. The number of aromatic hydroxyl groups is 2. The normalized spacial score (nSPS) is 11.4. The van der Waals surface area contributed by atoms with Gasteiger partial charge in [0.2, 0.25) is 0 Å². The molecule has 2 nitrogen and oxygen atoms in total. The summed E-state index contributed by atoms with van der Waals surface area (Å²) in [6.45, 7) is 6.58. The van der Waals surface area contributed by atoms with Crippen LogP contribution in [0.2, 0.25) is 0 Å². The average Bonchev–Trinajstić information content (AvgIpc) is 2.79. The largest absolute Gasteiger partial charge is 0.508 e. The quantitative estimate of drug-likeness (QED) is 0.257. The fourth-order valence-corrected chi connectivity index (χ4v) is 4.77. The maximum absolute atomic E-state index is 10.3. The van der Waals surface area contributed by atoms with Crippen LogP contribution >= 0.6 is 0 Å². The zero-order chi connectivity index (χ0) is 23.2. The minimum Gasteiger partial charge on any atom is -0.508 e. The minimum atomic E-state index is 0.312. The fraction of sp³-hybridized carbons (Fsp3) is 0.600. The van der Waals surface area contributed by atoms with E-state index in [2.05, 4.69) is 45.0 Å². The van der Waals surface area contributed by atoms with Gasteiger partial charge >= 0.3 is 0 Å². The first kappa shape index (κ1) is 26.3. The van der Waals surface area contributed by atoms with Crippen molar-refractivity contribution in [3.63, 3.8) is 0 Å². The molecule has 2 aromatic rings. The van der Waals surface area contributed by atoms with Crippen molar-refractivity contribution in [2.75, 3.05) is 0 Å². The standard InChI is InChI=1S/C30H46O2/c1-4-7-8-9-10-11-12-13-14-17-28(24-18-20-29(31)26(22-24)15-5-2)25-19-21-30(32)27(23-25)16-6-3/h18-23,28,31-32H,4-17H2,1-3H3. The summed E-state index contributed by atoms with van der Waals surface area (Å²) in [4.78, 5) is 0. The van der Waals surface area contributed by atoms with Crippen LogP contribution in [0.1, 0.15) is 126 Å². The maximum Gasteiger partial charge on any atom is 0.118 e. The van der Waals surface area contributed by atoms with Crippen molar-refractivity contribution in [1.29, 1.82) is 0 Å². The Bertz CT molecular complexity index is 725. The number of phenolic OH excluding ortho intramolecular Hbond substituents is 2. The Morgan fingerprint density at radius 1 is 0.562 bits per heavy atom. The molecule has 0 radical (unpaired) electrons. The van der Waals surface area contributed by atoms with Gasteiger partial charge in [0.25, 0.3) is 0 Å². The molecule has 0 amide bonds. The van der Waals surface area contributed by atoms with Crippen LogP contribution in [0.4, 0.5) is 0 Å². The number of hydrogen-bond acceptors (Lipinski definition) is 2. The van der Waals surface area contributed by atoms with Crippen LogP contribution in [0.25, 0.3) is 0 Å². The molecule has 0 fully saturated rings. The van der Waals surface area contributed by atoms with E-state index in [0.717, 1.165) is 43.2 Å². The van der Waals surface area contributed by atoms with Crippen LogP contribution in [0, 0.1) is 0 Å². The number of unbranched alkanes of at least 4 members (excludes halogenated alkanes) is 8. The molecule has 0 unspecified atom stereocenters. The lowest BCUT2D eigenvalue weighted by Crippen LogP contribution is -2.04. The SMILES string of the molecule is CCCCCCCCCCCC(c1ccc(O)c(CCC)c1)c1ccc(O)c(CCC)c1. The lowest BCUT2D eigenvalue weighted by atomic mass is 9.84. The van der Waals surface area contributed by atoms with Gasteiger partial charge < -0.3 is 10.2 Å². The molecule has 0 saturated heterocycles. The average molecular weight is 439 g/mol. The summed E-state index contributed by atoms with van der Waals surface area (Å²) in [5, 5.41) is 20.6. The van der Waals surface area contributed by atoms with Crippen molar-refractivity contribution >= 4 is 0 Å². The zero-order valence-corrected chi connectivity index (χ0v) is 20.8. The Labute approximate surface area is 197 Å². The molecule has 0 aliphatic carbocycles. The topological polar surface area (TPSA) is 40.5 Å². The highest BCUT2D eigenvalue weighted by Crippen LogP contribution is 2.35. The van der Waals surface area contributed by atoms with Gasteiger partial charge in [-0.1, -0.05) is 116 Å². The zero-order valence-electron chi connectivity index (χ0n) is 20.8. The molecular weight excluding hydrogens is 392 g/mol. The van der Waals surface area contributed by atoms with E-state index in [1.807, 2.05) is 12.1 Å². The first-order valence-corrected chi connectivity index (χ1v) is 13.2. The smallest absolute Gasteiger partial charge is 0.118 e. The molecule has 2 aromatic carbocycles. The van der Waals surface area contributed by atoms with E-state index < -0.39 is 0 Å². The summed E-state index contributed by atoms with van der Waals surface area (Å²) in [5.74, 6) is 1.14. The van der Waals surface area contributed by atoms with E-state index in [0.29, 0.717) is 17.4 Å². The van der Waals surface area contributed by atoms with Gasteiger partial charge in [-0.05, 0) is 53.6 Å². The van der Waals surface area contributed by atoms with Gasteiger partial charge in [0.1, 0.15) is 11.5 Å². The van der Waals surface area contributed by atoms with Crippen molar-refractivity contribution in [3.05, 3.63) is 58.7 Å². The summed E-state index contributed by atoms with van der Waals surface area (Å²) in [6.07, 6.45) is 17.0. The predicted molar refractivity (Wildman–Crippen MR) is 138 cm³/mol. The van der Waals surface area contributed by atoms with E-state index in [-0.39, 0.29) is 0 Å². The van der Waals surface area contributed by atoms with Crippen LogP contribution < -0.4 is 0 Å². The van der Waals surface area contributed by atoms with Gasteiger partial charge in [-0.15, -0.1) is 0 Å². The molecule has 32 heavy (non-hydrogen) atoms. The van der Waals surface area contributed by atoms with Gasteiger partial charge in [-0.3, -0.25) is 0 Å². The Morgan fingerprint density at radius 3 is 1.44 bits per heavy atom. The van der Waals surface area contributed by atoms with Gasteiger partial charge in [-0.2, -0.15) is 0 Å². The molecular formula is C30H46O2. The molecule has 178 valence electrons. The molecule has 2 heteroatoms. The lowest BCUT2D eigenvalue weighted by Gasteiger charge is -2.21. The summed E-state index contributed by atoms with van der Waals surface area (Å²) in [7, 11) is 0. The first-order chi connectivity index (χ1) is 15.6. The summed E-state index contributed by atoms with van der Waals surface area (Å²) in [5.41, 5.74) is 4.68. The van der Waals surface area contributed by atoms with Gasteiger partial charge in [0.15, 0.2) is 0 Å². The summed E-state index contributed by atoms with van der Waals surface area (Å²) in [6, 6.07) is 12.4. The third-order valence-electron chi connectivity index (χ3n) is 6.65. The van der Waals surface area contributed by atoms with Crippen LogP contribution in [0.5, 0.6) is 11.5 Å². The molecule has 0 atom stereocenters. The highest BCUT2D eigenvalue weighted by atomic mass is 16.3. The van der Waals surface area contributed by atoms with Gasteiger partial charge in [0, 0.05) is 5.92 Å². The number of phenols is 2. The Kier molecular flexibility index (Phi) is 12.3. The fourth-order valence-electron chi connectivity index (χ4n) is 4.77. The van der Waals surface area contributed by atoms with Crippen LogP contribution in [-0.4, -0.2) is 10.2 Å². The highest BCUT2D eigenvalue weighted by molar-refractivity contribution is 5.44. The number of benzene rings is 2. The predicted octanol–water partition coefficient (Wildman–Crippen LogP) is 9.06. The molecule has 0 bridgehead atoms. The van der Waals surface area contributed by atoms with Crippen molar-refractivity contribution in [1.82, 2.24) is 0 Å². The Hall–Kier alpha value is -1.96. The Morgan fingerprint density at radius 2 is 1.00 bits per heavy atom. The highest BCUT2D eigenvalue weighted by Gasteiger charge is 2.17. The molecule has 0 saturated carbocycles. The van der Waals surface area contributed by atoms with E-state index in [9.17, 15) is 10.2 Å².